The van der Waals surface area contributed by atoms with Gasteiger partial charge in [0.05, 0.1) is 24.8 Å². The minimum absolute atomic E-state index is 0.104. The molecule has 0 bridgehead atoms. The van der Waals surface area contributed by atoms with Crippen LogP contribution < -0.4 is 9.47 Å². The summed E-state index contributed by atoms with van der Waals surface area (Å²) in [7, 11) is 0. The number of ether oxygens (including phenoxy) is 2. The zero-order chi connectivity index (χ0) is 25.6. The molecule has 2 unspecified atom stereocenters. The van der Waals surface area contributed by atoms with Crippen LogP contribution in [0.5, 0.6) is 11.5 Å². The second-order valence-corrected chi connectivity index (χ2v) is 10.7. The Morgan fingerprint density at radius 2 is 1.77 bits per heavy atom. The molecule has 0 radical (unpaired) electrons. The molecule has 0 spiro atoms. The highest BCUT2D eigenvalue weighted by Crippen LogP contribution is 2.36. The zero-order valence-corrected chi connectivity index (χ0v) is 23.6. The number of aliphatic hydroxyl groups is 2. The summed E-state index contributed by atoms with van der Waals surface area (Å²) in [4.78, 5) is 0. The molecule has 0 aliphatic rings. The Labute approximate surface area is 229 Å². The number of rotatable bonds is 12. The Morgan fingerprint density at radius 3 is 2.37 bits per heavy atom. The third-order valence-corrected chi connectivity index (χ3v) is 7.73. The normalized spacial score (nSPS) is 13.5. The fraction of sp³-hybridized carbons (Fsp3) is 0.440. The fourth-order valence-electron chi connectivity index (χ4n) is 3.41. The van der Waals surface area contributed by atoms with Crippen LogP contribution >= 0.6 is 45.8 Å². The Kier molecular flexibility index (Phi) is 10.1. The first kappa shape index (κ1) is 28.0. The molecule has 2 N–H and O–H groups in total. The maximum absolute atomic E-state index is 10.3. The van der Waals surface area contributed by atoms with Crippen LogP contribution in [0.25, 0.3) is 0 Å². The monoisotopic (exact) mass is 633 g/mol. The van der Waals surface area contributed by atoms with Gasteiger partial charge in [-0.15, -0.1) is 16.7 Å². The van der Waals surface area contributed by atoms with Gasteiger partial charge in [0.2, 0.25) is 0 Å². The van der Waals surface area contributed by atoms with Crippen molar-refractivity contribution in [1.82, 2.24) is 15.0 Å². The average molecular weight is 634 g/mol. The average Bonchev–Trinajstić information content (AvgIpc) is 3.20. The van der Waals surface area contributed by atoms with Gasteiger partial charge in [0.1, 0.15) is 33.6 Å². The van der Waals surface area contributed by atoms with Crippen LogP contribution in [0.4, 0.5) is 0 Å². The van der Waals surface area contributed by atoms with E-state index >= 15 is 0 Å². The van der Waals surface area contributed by atoms with Crippen molar-refractivity contribution in [1.29, 1.82) is 0 Å². The van der Waals surface area contributed by atoms with Gasteiger partial charge >= 0.3 is 0 Å². The van der Waals surface area contributed by atoms with Crippen molar-refractivity contribution in [3.05, 3.63) is 68.0 Å². The number of nitrogens with zero attached hydrogens (tertiary/aromatic N) is 3. The van der Waals surface area contributed by atoms with E-state index in [4.69, 9.17) is 32.7 Å². The van der Waals surface area contributed by atoms with Crippen molar-refractivity contribution in [3.8, 4) is 11.5 Å². The molecule has 1 heterocycles. The highest BCUT2D eigenvalue weighted by Gasteiger charge is 2.24. The van der Waals surface area contributed by atoms with Crippen molar-refractivity contribution in [3.63, 3.8) is 0 Å². The van der Waals surface area contributed by atoms with E-state index in [1.54, 1.807) is 4.68 Å². The van der Waals surface area contributed by atoms with Gasteiger partial charge in [0.15, 0.2) is 0 Å². The van der Waals surface area contributed by atoms with Gasteiger partial charge < -0.3 is 19.7 Å². The van der Waals surface area contributed by atoms with E-state index in [0.717, 1.165) is 11.1 Å². The van der Waals surface area contributed by atoms with E-state index in [2.05, 4.69) is 24.2 Å². The van der Waals surface area contributed by atoms with E-state index in [9.17, 15) is 10.2 Å². The Bertz CT molecular complexity index is 1110. The lowest BCUT2D eigenvalue weighted by Gasteiger charge is -2.27. The van der Waals surface area contributed by atoms with Gasteiger partial charge in [-0.3, -0.25) is 0 Å². The molecule has 7 nitrogen and oxygen atoms in total. The summed E-state index contributed by atoms with van der Waals surface area (Å²) in [5, 5.41) is 27.9. The zero-order valence-electron chi connectivity index (χ0n) is 19.9. The predicted octanol–water partition coefficient (Wildman–Crippen LogP) is 5.05. The van der Waals surface area contributed by atoms with Crippen molar-refractivity contribution in [2.45, 2.75) is 45.4 Å². The van der Waals surface area contributed by atoms with E-state index in [1.165, 1.54) is 0 Å². The molecule has 35 heavy (non-hydrogen) atoms. The number of hydrogen-bond acceptors (Lipinski definition) is 6. The Balaban J connectivity index is 1.60. The molecule has 0 aliphatic carbocycles. The molecule has 0 fully saturated rings. The molecule has 1 aromatic heterocycles. The van der Waals surface area contributed by atoms with Crippen LogP contribution in [0.1, 0.15) is 37.6 Å². The molecule has 3 rings (SSSR count). The van der Waals surface area contributed by atoms with Crippen molar-refractivity contribution in [2.75, 3.05) is 19.1 Å². The van der Waals surface area contributed by atoms with Crippen molar-refractivity contribution in [2.24, 2.45) is 5.92 Å². The summed E-state index contributed by atoms with van der Waals surface area (Å²) in [6, 6.07) is 13.7. The first-order valence-electron chi connectivity index (χ1n) is 11.2. The second-order valence-electron chi connectivity index (χ2n) is 9.00. The molecule has 2 atom stereocenters. The first-order valence-corrected chi connectivity index (χ1v) is 13.2. The van der Waals surface area contributed by atoms with Gasteiger partial charge in [-0.25, -0.2) is 4.68 Å². The molecule has 0 saturated heterocycles. The number of hydrogen-bond donors (Lipinski definition) is 2. The van der Waals surface area contributed by atoms with Gasteiger partial charge in [-0.1, -0.05) is 55.8 Å². The maximum atomic E-state index is 10.3. The molecular formula is C25H30Cl2IN3O4. The van der Waals surface area contributed by atoms with E-state index in [-0.39, 0.29) is 31.1 Å². The number of halogens is 3. The number of aromatic nitrogens is 3. The molecule has 10 heteroatoms. The molecule has 0 amide bonds. The van der Waals surface area contributed by atoms with Gasteiger partial charge in [0, 0.05) is 17.2 Å². The van der Waals surface area contributed by atoms with Crippen LogP contribution in [0.2, 0.25) is 5.02 Å². The summed E-state index contributed by atoms with van der Waals surface area (Å²) in [6.07, 6.45) is -0.775. The summed E-state index contributed by atoms with van der Waals surface area (Å²) in [5.74, 6) is 2.09. The van der Waals surface area contributed by atoms with Gasteiger partial charge in [0.25, 0.3) is 0 Å². The topological polar surface area (TPSA) is 89.6 Å². The predicted molar refractivity (Wildman–Crippen MR) is 146 cm³/mol. The van der Waals surface area contributed by atoms with E-state index < -0.39 is 6.10 Å². The highest BCUT2D eigenvalue weighted by molar-refractivity contribution is 14.1. The Morgan fingerprint density at radius 1 is 1.09 bits per heavy atom. The number of benzene rings is 2. The first-order chi connectivity index (χ1) is 16.6. The number of aliphatic hydroxyl groups excluding tert-OH is 2. The minimum atomic E-state index is -0.775. The summed E-state index contributed by atoms with van der Waals surface area (Å²) in [5.41, 5.74) is 2.35. The summed E-state index contributed by atoms with van der Waals surface area (Å²) < 4.78 is 13.8. The van der Waals surface area contributed by atoms with Crippen LogP contribution in [0.3, 0.4) is 0 Å². The Hall–Kier alpha value is -1.59. The van der Waals surface area contributed by atoms with E-state index in [0.29, 0.717) is 38.4 Å². The molecular weight excluding hydrogens is 604 g/mol. The fourth-order valence-corrected chi connectivity index (χ4v) is 4.31. The number of alkyl halides is 1. The third-order valence-electron chi connectivity index (χ3n) is 5.73. The van der Waals surface area contributed by atoms with Gasteiger partial charge in [-0.2, -0.15) is 0 Å². The van der Waals surface area contributed by atoms with Crippen LogP contribution in [-0.2, 0) is 18.6 Å². The minimum Gasteiger partial charge on any atom is -0.492 e. The molecule has 190 valence electrons. The van der Waals surface area contributed by atoms with Crippen molar-refractivity contribution < 1.29 is 19.7 Å². The maximum Gasteiger partial charge on any atom is 0.137 e. The van der Waals surface area contributed by atoms with Crippen LogP contribution in [0.15, 0.2) is 42.5 Å². The van der Waals surface area contributed by atoms with Crippen LogP contribution in [-0.4, -0.2) is 50.4 Å². The quantitative estimate of drug-likeness (QED) is 0.214. The van der Waals surface area contributed by atoms with E-state index in [1.807, 2.05) is 72.0 Å². The molecule has 0 aliphatic heterocycles. The van der Waals surface area contributed by atoms with Crippen molar-refractivity contribution >= 4 is 45.8 Å². The van der Waals surface area contributed by atoms with Crippen LogP contribution in [0, 0.1) is 9.62 Å². The second kappa shape index (κ2) is 12.6. The largest absolute Gasteiger partial charge is 0.492 e. The molecule has 3 aromatic rings. The smallest absolute Gasteiger partial charge is 0.137 e. The third kappa shape index (κ3) is 7.22. The lowest BCUT2D eigenvalue weighted by atomic mass is 9.78. The lowest BCUT2D eigenvalue weighted by Crippen LogP contribution is -2.25. The van der Waals surface area contributed by atoms with Gasteiger partial charge in [-0.05, 0) is 58.0 Å². The molecule has 0 saturated carbocycles. The summed E-state index contributed by atoms with van der Waals surface area (Å²) in [6.45, 7) is 6.95. The highest BCUT2D eigenvalue weighted by atomic mass is 127. The standard InChI is InChI=1S/C25H30Cl2IN3O4/c1-16(11-26)14-35-23-9-6-18(10-21(23)27)25(2,3)17-4-7-20(8-5-17)34-15-19(33)12-31-24(28)22(13-32)29-30-31/h4-10,16,19,32-33H,11-15H2,1-3H3. The SMILES string of the molecule is CC(CCl)COc1ccc(C(C)(C)c2ccc(OCC(O)Cn3nnc(CO)c3I)cc2)cc1Cl. The lowest BCUT2D eigenvalue weighted by molar-refractivity contribution is 0.0881. The molecule has 2 aromatic carbocycles. The summed E-state index contributed by atoms with van der Waals surface area (Å²) >= 11 is 14.4.